The Morgan fingerprint density at radius 2 is 1.66 bits per heavy atom. The summed E-state index contributed by atoms with van der Waals surface area (Å²) in [6.07, 6.45) is 0. The fraction of sp³-hybridized carbons (Fsp3) is 0.333. The second-order valence-corrected chi connectivity index (χ2v) is 7.92. The molecule has 150 valence electrons. The molecule has 3 heterocycles. The second-order valence-electron chi connectivity index (χ2n) is 6.92. The summed E-state index contributed by atoms with van der Waals surface area (Å²) in [5.41, 5.74) is 3.87. The van der Waals surface area contributed by atoms with Gasteiger partial charge in [0.25, 0.3) is 5.91 Å². The summed E-state index contributed by atoms with van der Waals surface area (Å²) >= 11 is 1.39. The molecule has 0 aliphatic carbocycles. The first-order chi connectivity index (χ1) is 14.0. The van der Waals surface area contributed by atoms with E-state index in [9.17, 15) is 4.79 Å². The molecule has 8 heteroatoms. The maximum absolute atomic E-state index is 12.9. The molecule has 4 rings (SSSR count). The van der Waals surface area contributed by atoms with Crippen molar-refractivity contribution < 1.29 is 9.53 Å². The van der Waals surface area contributed by atoms with Crippen molar-refractivity contribution in [1.29, 1.82) is 0 Å². The van der Waals surface area contributed by atoms with E-state index in [2.05, 4.69) is 25.2 Å². The van der Waals surface area contributed by atoms with E-state index < -0.39 is 0 Å². The Bertz CT molecular complexity index is 1010. The zero-order valence-electron chi connectivity index (χ0n) is 16.7. The molecule has 0 radical (unpaired) electrons. The van der Waals surface area contributed by atoms with Crippen LogP contribution in [0.1, 0.15) is 26.8 Å². The lowest BCUT2D eigenvalue weighted by Gasteiger charge is -2.27. The molecule has 2 aromatic heterocycles. The van der Waals surface area contributed by atoms with Crippen molar-refractivity contribution in [2.24, 2.45) is 0 Å². The fourth-order valence-electron chi connectivity index (χ4n) is 3.27. The van der Waals surface area contributed by atoms with Crippen molar-refractivity contribution in [3.63, 3.8) is 0 Å². The topological polar surface area (TPSA) is 80.2 Å². The number of amides is 1. The van der Waals surface area contributed by atoms with E-state index in [0.29, 0.717) is 35.4 Å². The van der Waals surface area contributed by atoms with Crippen LogP contribution in [0.5, 0.6) is 0 Å². The van der Waals surface area contributed by atoms with Gasteiger partial charge in [-0.3, -0.25) is 4.79 Å². The highest BCUT2D eigenvalue weighted by Gasteiger charge is 2.21. The number of hydrogen-bond acceptors (Lipinski definition) is 7. The van der Waals surface area contributed by atoms with Crippen LogP contribution in [0.25, 0.3) is 10.6 Å². The third-order valence-corrected chi connectivity index (χ3v) is 6.02. The Labute approximate surface area is 173 Å². The lowest BCUT2D eigenvalue weighted by atomic mass is 10.2. The number of thiazole rings is 1. The zero-order valence-corrected chi connectivity index (χ0v) is 17.5. The molecule has 0 atom stereocenters. The third-order valence-electron chi connectivity index (χ3n) is 4.82. The SMILES string of the molecule is Cc1nc(-c2ccccc2)sc1C(=O)Nc1c(C)nc(N2CCOCC2)nc1C. The van der Waals surface area contributed by atoms with Crippen molar-refractivity contribution in [1.82, 2.24) is 15.0 Å². The highest BCUT2D eigenvalue weighted by atomic mass is 32.1. The average Bonchev–Trinajstić information content (AvgIpc) is 3.13. The second kappa shape index (κ2) is 8.26. The van der Waals surface area contributed by atoms with Crippen molar-refractivity contribution in [2.45, 2.75) is 20.8 Å². The van der Waals surface area contributed by atoms with Crippen molar-refractivity contribution >= 4 is 28.9 Å². The van der Waals surface area contributed by atoms with Gasteiger partial charge >= 0.3 is 0 Å². The molecule has 1 saturated heterocycles. The molecule has 1 N–H and O–H groups in total. The molecule has 7 nitrogen and oxygen atoms in total. The largest absolute Gasteiger partial charge is 0.378 e. The molecule has 3 aromatic rings. The van der Waals surface area contributed by atoms with Gasteiger partial charge in [-0.05, 0) is 20.8 Å². The number of hydrogen-bond donors (Lipinski definition) is 1. The number of anilines is 2. The van der Waals surface area contributed by atoms with E-state index >= 15 is 0 Å². The summed E-state index contributed by atoms with van der Waals surface area (Å²) in [6, 6.07) is 9.88. The van der Waals surface area contributed by atoms with E-state index in [1.807, 2.05) is 51.1 Å². The summed E-state index contributed by atoms with van der Waals surface area (Å²) in [5, 5.41) is 3.83. The van der Waals surface area contributed by atoms with Crippen LogP contribution in [-0.4, -0.2) is 47.2 Å². The number of aryl methyl sites for hydroxylation is 3. The van der Waals surface area contributed by atoms with E-state index in [4.69, 9.17) is 4.74 Å². The van der Waals surface area contributed by atoms with Gasteiger partial charge in [-0.15, -0.1) is 11.3 Å². The van der Waals surface area contributed by atoms with Crippen LogP contribution in [0.3, 0.4) is 0 Å². The van der Waals surface area contributed by atoms with Gasteiger partial charge in [-0.1, -0.05) is 30.3 Å². The first kappa shape index (κ1) is 19.5. The summed E-state index contributed by atoms with van der Waals surface area (Å²) in [7, 11) is 0. The highest BCUT2D eigenvalue weighted by Crippen LogP contribution is 2.29. The first-order valence-electron chi connectivity index (χ1n) is 9.55. The van der Waals surface area contributed by atoms with Gasteiger partial charge in [0.15, 0.2) is 0 Å². The van der Waals surface area contributed by atoms with Gasteiger partial charge < -0.3 is 15.0 Å². The van der Waals surface area contributed by atoms with Gasteiger partial charge in [-0.2, -0.15) is 0 Å². The zero-order chi connectivity index (χ0) is 20.4. The summed E-state index contributed by atoms with van der Waals surface area (Å²) in [4.78, 5) is 29.4. The number of aromatic nitrogens is 3. The Kier molecular flexibility index (Phi) is 5.55. The van der Waals surface area contributed by atoms with Gasteiger partial charge in [-0.25, -0.2) is 15.0 Å². The maximum Gasteiger partial charge on any atom is 0.267 e. The molecule has 1 amide bonds. The van der Waals surface area contributed by atoms with Crippen LogP contribution in [0, 0.1) is 20.8 Å². The van der Waals surface area contributed by atoms with E-state index in [0.717, 1.165) is 35.0 Å². The number of benzene rings is 1. The standard InChI is InChI=1S/C21H23N5O2S/c1-13-17(14(2)24-21(23-13)26-9-11-28-12-10-26)25-19(27)18-15(3)22-20(29-18)16-7-5-4-6-8-16/h4-8H,9-12H2,1-3H3,(H,25,27). The number of rotatable bonds is 4. The quantitative estimate of drug-likeness (QED) is 0.709. The first-order valence-corrected chi connectivity index (χ1v) is 10.4. The summed E-state index contributed by atoms with van der Waals surface area (Å²) in [5.74, 6) is 0.498. The lowest BCUT2D eigenvalue weighted by molar-refractivity contribution is 0.102. The molecule has 1 aromatic carbocycles. The van der Waals surface area contributed by atoms with E-state index in [1.165, 1.54) is 11.3 Å². The predicted molar refractivity (Wildman–Crippen MR) is 115 cm³/mol. The highest BCUT2D eigenvalue weighted by molar-refractivity contribution is 7.17. The fourth-order valence-corrected chi connectivity index (χ4v) is 4.23. The number of carbonyl (C=O) groups excluding carboxylic acids is 1. The Morgan fingerprint density at radius 1 is 1.00 bits per heavy atom. The van der Waals surface area contributed by atoms with Crippen LogP contribution >= 0.6 is 11.3 Å². The lowest BCUT2D eigenvalue weighted by Crippen LogP contribution is -2.37. The molecule has 1 fully saturated rings. The summed E-state index contributed by atoms with van der Waals surface area (Å²) < 4.78 is 5.39. The normalized spacial score (nSPS) is 14.1. The molecule has 0 unspecified atom stereocenters. The number of ether oxygens (including phenoxy) is 1. The van der Waals surface area contributed by atoms with Crippen LogP contribution in [0.4, 0.5) is 11.6 Å². The number of morpholine rings is 1. The minimum atomic E-state index is -0.184. The van der Waals surface area contributed by atoms with E-state index in [-0.39, 0.29) is 5.91 Å². The van der Waals surface area contributed by atoms with Gasteiger partial charge in [0.05, 0.1) is 36.0 Å². The van der Waals surface area contributed by atoms with Gasteiger partial charge in [0.2, 0.25) is 5.95 Å². The van der Waals surface area contributed by atoms with Crippen molar-refractivity contribution in [2.75, 3.05) is 36.5 Å². The Balaban J connectivity index is 1.56. The van der Waals surface area contributed by atoms with Crippen LogP contribution in [0.15, 0.2) is 30.3 Å². The minimum Gasteiger partial charge on any atom is -0.378 e. The van der Waals surface area contributed by atoms with Crippen LogP contribution < -0.4 is 10.2 Å². The van der Waals surface area contributed by atoms with Gasteiger partial charge in [0, 0.05) is 18.7 Å². The molecule has 0 spiro atoms. The smallest absolute Gasteiger partial charge is 0.267 e. The van der Waals surface area contributed by atoms with E-state index in [1.54, 1.807) is 0 Å². The number of nitrogens with zero attached hydrogens (tertiary/aromatic N) is 4. The molecule has 0 bridgehead atoms. The predicted octanol–water partition coefficient (Wildman–Crippen LogP) is 3.61. The molecule has 0 saturated carbocycles. The molecular formula is C21H23N5O2S. The minimum absolute atomic E-state index is 0.184. The number of carbonyl (C=O) groups is 1. The Morgan fingerprint density at radius 3 is 2.31 bits per heavy atom. The van der Waals surface area contributed by atoms with Crippen LogP contribution in [0.2, 0.25) is 0 Å². The monoisotopic (exact) mass is 409 g/mol. The molecule has 29 heavy (non-hydrogen) atoms. The summed E-state index contributed by atoms with van der Waals surface area (Å²) in [6.45, 7) is 8.53. The van der Waals surface area contributed by atoms with Crippen molar-refractivity contribution in [3.8, 4) is 10.6 Å². The average molecular weight is 410 g/mol. The Hall–Kier alpha value is -2.84. The van der Waals surface area contributed by atoms with Crippen LogP contribution in [-0.2, 0) is 4.74 Å². The van der Waals surface area contributed by atoms with Gasteiger partial charge in [0.1, 0.15) is 9.88 Å². The number of nitrogens with one attached hydrogen (secondary N) is 1. The third kappa shape index (κ3) is 4.13. The maximum atomic E-state index is 12.9. The molecule has 1 aliphatic heterocycles. The molecular weight excluding hydrogens is 386 g/mol. The van der Waals surface area contributed by atoms with Crippen molar-refractivity contribution in [3.05, 3.63) is 52.3 Å². The molecule has 1 aliphatic rings.